The zero-order chi connectivity index (χ0) is 13.8. The highest BCUT2D eigenvalue weighted by Gasteiger charge is 2.20. The fourth-order valence-electron chi connectivity index (χ4n) is 1.67. The third-order valence-electron chi connectivity index (χ3n) is 2.98. The van der Waals surface area contributed by atoms with Crippen molar-refractivity contribution in [3.8, 4) is 17.1 Å². The lowest BCUT2D eigenvalue weighted by atomic mass is 10.1. The van der Waals surface area contributed by atoms with Crippen molar-refractivity contribution in [2.24, 2.45) is 0 Å². The molecule has 1 heterocycles. The Morgan fingerprint density at radius 1 is 1.32 bits per heavy atom. The lowest BCUT2D eigenvalue weighted by molar-refractivity contribution is 0.151. The van der Waals surface area contributed by atoms with E-state index >= 15 is 0 Å². The van der Waals surface area contributed by atoms with Gasteiger partial charge in [-0.05, 0) is 26.0 Å². The van der Waals surface area contributed by atoms with Crippen molar-refractivity contribution in [3.63, 3.8) is 0 Å². The first-order valence-electron chi connectivity index (χ1n) is 6.37. The van der Waals surface area contributed by atoms with E-state index in [0.717, 1.165) is 11.3 Å². The molecule has 5 heteroatoms. The third kappa shape index (κ3) is 2.93. The molecular formula is C14H18N2O3. The van der Waals surface area contributed by atoms with E-state index in [1.807, 2.05) is 38.1 Å². The van der Waals surface area contributed by atoms with Crippen LogP contribution >= 0.6 is 0 Å². The van der Waals surface area contributed by atoms with Gasteiger partial charge in [0.2, 0.25) is 11.7 Å². The van der Waals surface area contributed by atoms with Crippen molar-refractivity contribution < 1.29 is 14.4 Å². The van der Waals surface area contributed by atoms with E-state index in [1.165, 1.54) is 0 Å². The van der Waals surface area contributed by atoms with E-state index in [4.69, 9.17) is 9.26 Å². The average molecular weight is 262 g/mol. The molecule has 0 amide bonds. The molecule has 0 radical (unpaired) electrons. The molecular weight excluding hydrogens is 244 g/mol. The van der Waals surface area contributed by atoms with E-state index in [0.29, 0.717) is 18.3 Å². The third-order valence-corrected chi connectivity index (χ3v) is 2.98. The zero-order valence-electron chi connectivity index (χ0n) is 11.3. The number of para-hydroxylation sites is 1. The minimum Gasteiger partial charge on any atom is -0.493 e. The van der Waals surface area contributed by atoms with Crippen LogP contribution < -0.4 is 4.74 Å². The summed E-state index contributed by atoms with van der Waals surface area (Å²) in [5.41, 5.74) is 0.789. The van der Waals surface area contributed by atoms with Crippen molar-refractivity contribution >= 4 is 0 Å². The van der Waals surface area contributed by atoms with Gasteiger partial charge in [-0.2, -0.15) is 4.98 Å². The number of hydrogen-bond donors (Lipinski definition) is 1. The molecule has 1 N–H and O–H groups in total. The van der Waals surface area contributed by atoms with Crippen LogP contribution in [0.5, 0.6) is 5.75 Å². The fraction of sp³-hybridized carbons (Fsp3) is 0.429. The maximum Gasteiger partial charge on any atom is 0.232 e. The second-order valence-corrected chi connectivity index (χ2v) is 4.41. The number of aliphatic hydroxyl groups is 1. The molecule has 0 aliphatic rings. The SMILES string of the molecule is CCOc1ccccc1-c1noc(C(C)C(C)O)n1. The zero-order valence-corrected chi connectivity index (χ0v) is 11.3. The average Bonchev–Trinajstić information content (AvgIpc) is 2.88. The van der Waals surface area contributed by atoms with E-state index < -0.39 is 6.10 Å². The topological polar surface area (TPSA) is 68.4 Å². The Kier molecular flexibility index (Phi) is 4.16. The van der Waals surface area contributed by atoms with E-state index in [2.05, 4.69) is 10.1 Å². The summed E-state index contributed by atoms with van der Waals surface area (Å²) in [7, 11) is 0. The molecule has 1 aromatic heterocycles. The summed E-state index contributed by atoms with van der Waals surface area (Å²) < 4.78 is 10.7. The van der Waals surface area contributed by atoms with E-state index in [1.54, 1.807) is 6.92 Å². The van der Waals surface area contributed by atoms with Crippen molar-refractivity contribution in [3.05, 3.63) is 30.2 Å². The smallest absolute Gasteiger partial charge is 0.232 e. The standard InChI is InChI=1S/C14H18N2O3/c1-4-18-12-8-6-5-7-11(12)13-15-14(19-16-13)9(2)10(3)17/h5-10,17H,4H2,1-3H3. The van der Waals surface area contributed by atoms with Crippen LogP contribution in [-0.4, -0.2) is 28.0 Å². The van der Waals surface area contributed by atoms with Gasteiger partial charge in [0.05, 0.1) is 24.2 Å². The van der Waals surface area contributed by atoms with Gasteiger partial charge >= 0.3 is 0 Å². The summed E-state index contributed by atoms with van der Waals surface area (Å²) in [6.07, 6.45) is -0.532. The van der Waals surface area contributed by atoms with Crippen LogP contribution in [0.2, 0.25) is 0 Å². The van der Waals surface area contributed by atoms with Gasteiger partial charge in [0, 0.05) is 0 Å². The predicted molar refractivity (Wildman–Crippen MR) is 71.0 cm³/mol. The molecule has 1 aromatic carbocycles. The van der Waals surface area contributed by atoms with Crippen LogP contribution in [0.15, 0.2) is 28.8 Å². The first-order valence-corrected chi connectivity index (χ1v) is 6.37. The number of aromatic nitrogens is 2. The molecule has 102 valence electrons. The van der Waals surface area contributed by atoms with Gasteiger partial charge in [0.1, 0.15) is 5.75 Å². The molecule has 0 saturated carbocycles. The maximum atomic E-state index is 9.54. The molecule has 0 fully saturated rings. The molecule has 0 bridgehead atoms. The number of rotatable bonds is 5. The van der Waals surface area contributed by atoms with Gasteiger partial charge in [0.25, 0.3) is 0 Å². The Hall–Kier alpha value is -1.88. The molecule has 2 atom stereocenters. The van der Waals surface area contributed by atoms with Crippen LogP contribution in [0.1, 0.15) is 32.6 Å². The summed E-state index contributed by atoms with van der Waals surface area (Å²) >= 11 is 0. The Morgan fingerprint density at radius 3 is 2.74 bits per heavy atom. The number of benzene rings is 1. The molecule has 2 aromatic rings. The lowest BCUT2D eigenvalue weighted by Gasteiger charge is -2.08. The number of aliphatic hydroxyl groups excluding tert-OH is 1. The summed E-state index contributed by atoms with van der Waals surface area (Å²) in [6.45, 7) is 6.04. The first kappa shape index (κ1) is 13.5. The summed E-state index contributed by atoms with van der Waals surface area (Å²) in [6, 6.07) is 7.54. The lowest BCUT2D eigenvalue weighted by Crippen LogP contribution is -2.11. The summed E-state index contributed by atoms with van der Waals surface area (Å²) in [5.74, 6) is 1.44. The minimum absolute atomic E-state index is 0.194. The van der Waals surface area contributed by atoms with Crippen LogP contribution in [-0.2, 0) is 0 Å². The first-order chi connectivity index (χ1) is 9.13. The van der Waals surface area contributed by atoms with Gasteiger partial charge in [0.15, 0.2) is 0 Å². The van der Waals surface area contributed by atoms with Gasteiger partial charge < -0.3 is 14.4 Å². The van der Waals surface area contributed by atoms with E-state index in [-0.39, 0.29) is 5.92 Å². The van der Waals surface area contributed by atoms with Crippen LogP contribution in [0.3, 0.4) is 0 Å². The fourth-order valence-corrected chi connectivity index (χ4v) is 1.67. The van der Waals surface area contributed by atoms with Gasteiger partial charge in [-0.15, -0.1) is 0 Å². The van der Waals surface area contributed by atoms with Crippen molar-refractivity contribution in [2.75, 3.05) is 6.61 Å². The quantitative estimate of drug-likeness (QED) is 0.897. The second kappa shape index (κ2) is 5.84. The normalized spacial score (nSPS) is 14.1. The second-order valence-electron chi connectivity index (χ2n) is 4.41. The van der Waals surface area contributed by atoms with Crippen LogP contribution in [0, 0.1) is 0 Å². The molecule has 2 unspecified atom stereocenters. The van der Waals surface area contributed by atoms with E-state index in [9.17, 15) is 5.11 Å². The Balaban J connectivity index is 2.32. The summed E-state index contributed by atoms with van der Waals surface area (Å²) in [4.78, 5) is 4.33. The largest absolute Gasteiger partial charge is 0.493 e. The molecule has 5 nitrogen and oxygen atoms in total. The molecule has 0 aliphatic heterocycles. The molecule has 19 heavy (non-hydrogen) atoms. The van der Waals surface area contributed by atoms with Crippen molar-refractivity contribution in [2.45, 2.75) is 32.8 Å². The predicted octanol–water partition coefficient (Wildman–Crippen LogP) is 2.62. The van der Waals surface area contributed by atoms with Gasteiger partial charge in [-0.1, -0.05) is 24.2 Å². The Labute approximate surface area is 112 Å². The number of ether oxygens (including phenoxy) is 1. The molecule has 0 spiro atoms. The molecule has 0 saturated heterocycles. The highest BCUT2D eigenvalue weighted by molar-refractivity contribution is 5.63. The molecule has 2 rings (SSSR count). The minimum atomic E-state index is -0.532. The Bertz CT molecular complexity index is 537. The summed E-state index contributed by atoms with van der Waals surface area (Å²) in [5, 5.41) is 13.5. The van der Waals surface area contributed by atoms with Gasteiger partial charge in [-0.3, -0.25) is 0 Å². The van der Waals surface area contributed by atoms with Crippen LogP contribution in [0.4, 0.5) is 0 Å². The highest BCUT2D eigenvalue weighted by Crippen LogP contribution is 2.29. The monoisotopic (exact) mass is 262 g/mol. The van der Waals surface area contributed by atoms with Gasteiger partial charge in [-0.25, -0.2) is 0 Å². The Morgan fingerprint density at radius 2 is 2.05 bits per heavy atom. The number of hydrogen-bond acceptors (Lipinski definition) is 5. The molecule has 0 aliphatic carbocycles. The van der Waals surface area contributed by atoms with Crippen molar-refractivity contribution in [1.29, 1.82) is 0 Å². The maximum absolute atomic E-state index is 9.54. The highest BCUT2D eigenvalue weighted by atomic mass is 16.5. The number of nitrogens with zero attached hydrogens (tertiary/aromatic N) is 2. The van der Waals surface area contributed by atoms with Crippen molar-refractivity contribution in [1.82, 2.24) is 10.1 Å². The van der Waals surface area contributed by atoms with Crippen LogP contribution in [0.25, 0.3) is 11.4 Å².